The summed E-state index contributed by atoms with van der Waals surface area (Å²) in [5, 5.41) is 20.0. The molecule has 0 unspecified atom stereocenters. The van der Waals surface area contributed by atoms with Crippen LogP contribution in [0.25, 0.3) is 15.9 Å². The van der Waals surface area contributed by atoms with Gasteiger partial charge in [0.2, 0.25) is 5.88 Å². The summed E-state index contributed by atoms with van der Waals surface area (Å²) < 4.78 is 25.2. The van der Waals surface area contributed by atoms with Crippen molar-refractivity contribution in [1.29, 1.82) is 0 Å². The SMILES string of the molecule is CS(=O)(=O)c1ccc2cn(-c3nc(C(=O)Nc4cnccc4N4CCNCC4)cs3)c(O)c2c1. The quantitative estimate of drug-likeness (QED) is 0.382. The van der Waals surface area contributed by atoms with Crippen LogP contribution in [0, 0.1) is 0 Å². The van der Waals surface area contributed by atoms with Crippen molar-refractivity contribution >= 4 is 49.2 Å². The highest BCUT2D eigenvalue weighted by Gasteiger charge is 2.20. The lowest BCUT2D eigenvalue weighted by molar-refractivity contribution is 0.102. The topological polar surface area (TPSA) is 129 Å². The van der Waals surface area contributed by atoms with E-state index in [1.807, 2.05) is 6.07 Å². The van der Waals surface area contributed by atoms with Gasteiger partial charge in [0.15, 0.2) is 15.0 Å². The zero-order valence-corrected chi connectivity index (χ0v) is 19.9. The first-order valence-electron chi connectivity index (χ1n) is 10.5. The molecule has 4 heterocycles. The number of piperazine rings is 1. The van der Waals surface area contributed by atoms with Crippen LogP contribution in [0.5, 0.6) is 5.88 Å². The highest BCUT2D eigenvalue weighted by Crippen LogP contribution is 2.33. The smallest absolute Gasteiger partial charge is 0.275 e. The first-order chi connectivity index (χ1) is 16.3. The second-order valence-corrected chi connectivity index (χ2v) is 10.8. The van der Waals surface area contributed by atoms with Gasteiger partial charge in [0.25, 0.3) is 5.91 Å². The van der Waals surface area contributed by atoms with Crippen LogP contribution in [0.2, 0.25) is 0 Å². The summed E-state index contributed by atoms with van der Waals surface area (Å²) in [6, 6.07) is 6.43. The zero-order valence-electron chi connectivity index (χ0n) is 18.2. The fourth-order valence-corrected chi connectivity index (χ4v) is 5.31. The number of carbonyl (C=O) groups excluding carboxylic acids is 1. The van der Waals surface area contributed by atoms with Crippen LogP contribution >= 0.6 is 11.3 Å². The third-order valence-electron chi connectivity index (χ3n) is 5.62. The van der Waals surface area contributed by atoms with Gasteiger partial charge in [-0.1, -0.05) is 6.07 Å². The monoisotopic (exact) mass is 498 g/mol. The van der Waals surface area contributed by atoms with Crippen molar-refractivity contribution in [2.45, 2.75) is 4.90 Å². The maximum Gasteiger partial charge on any atom is 0.275 e. The van der Waals surface area contributed by atoms with Gasteiger partial charge >= 0.3 is 0 Å². The highest BCUT2D eigenvalue weighted by molar-refractivity contribution is 7.90. The van der Waals surface area contributed by atoms with Gasteiger partial charge in [-0.2, -0.15) is 0 Å². The number of aromatic nitrogens is 3. The number of thiazole rings is 1. The molecule has 0 radical (unpaired) electrons. The van der Waals surface area contributed by atoms with Gasteiger partial charge in [0.05, 0.1) is 22.5 Å². The van der Waals surface area contributed by atoms with Crippen LogP contribution in [0.1, 0.15) is 10.5 Å². The number of nitrogens with one attached hydrogen (secondary N) is 2. The summed E-state index contributed by atoms with van der Waals surface area (Å²) in [5.41, 5.74) is 1.70. The number of hydrogen-bond donors (Lipinski definition) is 3. The van der Waals surface area contributed by atoms with E-state index in [-0.39, 0.29) is 22.4 Å². The van der Waals surface area contributed by atoms with Crippen LogP contribution in [0.3, 0.4) is 0 Å². The summed E-state index contributed by atoms with van der Waals surface area (Å²) in [5.74, 6) is -0.530. The van der Waals surface area contributed by atoms with E-state index in [4.69, 9.17) is 0 Å². The molecule has 1 aromatic carbocycles. The minimum Gasteiger partial charge on any atom is -0.494 e. The fourth-order valence-electron chi connectivity index (χ4n) is 3.88. The van der Waals surface area contributed by atoms with E-state index >= 15 is 0 Å². The summed E-state index contributed by atoms with van der Waals surface area (Å²) in [4.78, 5) is 23.8. The van der Waals surface area contributed by atoms with E-state index in [1.165, 1.54) is 28.0 Å². The van der Waals surface area contributed by atoms with Crippen molar-refractivity contribution in [3.05, 3.63) is 53.9 Å². The number of benzene rings is 1. The largest absolute Gasteiger partial charge is 0.494 e. The molecule has 0 aliphatic carbocycles. The van der Waals surface area contributed by atoms with E-state index in [0.29, 0.717) is 21.6 Å². The second-order valence-electron chi connectivity index (χ2n) is 7.94. The molecule has 5 rings (SSSR count). The fraction of sp³-hybridized carbons (Fsp3) is 0.227. The van der Waals surface area contributed by atoms with Gasteiger partial charge in [-0.3, -0.25) is 14.3 Å². The maximum absolute atomic E-state index is 12.9. The van der Waals surface area contributed by atoms with Crippen LogP contribution in [0.15, 0.2) is 53.1 Å². The molecule has 34 heavy (non-hydrogen) atoms. The second kappa shape index (κ2) is 8.70. The Morgan fingerprint density at radius 3 is 2.79 bits per heavy atom. The molecule has 1 amide bonds. The van der Waals surface area contributed by atoms with Crippen molar-refractivity contribution < 1.29 is 18.3 Å². The maximum atomic E-state index is 12.9. The molecule has 10 nitrogen and oxygen atoms in total. The normalized spacial score (nSPS) is 14.4. The van der Waals surface area contributed by atoms with E-state index in [9.17, 15) is 18.3 Å². The first-order valence-corrected chi connectivity index (χ1v) is 13.3. The standard InChI is InChI=1S/C22H22N6O4S2/c1-34(31,32)15-3-2-14-12-28(21(30)16(14)10-15)22-26-18(13-33-22)20(29)25-17-11-24-5-4-19(17)27-8-6-23-7-9-27/h2-5,10-13,23,30H,6-9H2,1H3,(H,25,29). The molecule has 0 atom stereocenters. The van der Waals surface area contributed by atoms with Crippen LogP contribution in [0.4, 0.5) is 11.4 Å². The minimum atomic E-state index is -3.41. The highest BCUT2D eigenvalue weighted by atomic mass is 32.2. The molecule has 1 aliphatic heterocycles. The molecule has 1 fully saturated rings. The molecule has 1 saturated heterocycles. The molecule has 3 aromatic heterocycles. The average Bonchev–Trinajstić information content (AvgIpc) is 3.44. The van der Waals surface area contributed by atoms with E-state index in [1.54, 1.807) is 30.0 Å². The molecule has 0 saturated carbocycles. The van der Waals surface area contributed by atoms with Gasteiger partial charge in [0, 0.05) is 61.0 Å². The van der Waals surface area contributed by atoms with E-state index < -0.39 is 9.84 Å². The summed E-state index contributed by atoms with van der Waals surface area (Å²) >= 11 is 1.19. The number of aromatic hydroxyl groups is 1. The Morgan fingerprint density at radius 1 is 1.24 bits per heavy atom. The summed E-state index contributed by atoms with van der Waals surface area (Å²) in [6.45, 7) is 3.39. The number of nitrogens with zero attached hydrogens (tertiary/aromatic N) is 4. The third-order valence-corrected chi connectivity index (χ3v) is 7.58. The molecule has 0 bridgehead atoms. The lowest BCUT2D eigenvalue weighted by atomic mass is 10.2. The number of carbonyl (C=O) groups is 1. The molecule has 4 aromatic rings. The number of pyridine rings is 1. The summed E-state index contributed by atoms with van der Waals surface area (Å²) in [7, 11) is -3.41. The van der Waals surface area contributed by atoms with Crippen molar-refractivity contribution in [1.82, 2.24) is 19.9 Å². The number of hydrogen-bond acceptors (Lipinski definition) is 9. The van der Waals surface area contributed by atoms with Gasteiger partial charge < -0.3 is 20.6 Å². The first kappa shape index (κ1) is 22.3. The predicted octanol–water partition coefficient (Wildman–Crippen LogP) is 2.25. The van der Waals surface area contributed by atoms with Crippen LogP contribution in [-0.2, 0) is 9.84 Å². The molecule has 176 valence electrons. The average molecular weight is 499 g/mol. The Kier molecular flexibility index (Phi) is 5.71. The Hall–Kier alpha value is -3.48. The number of fused-ring (bicyclic) bond motifs is 1. The Bertz CT molecular complexity index is 1490. The van der Waals surface area contributed by atoms with Crippen molar-refractivity contribution in [2.24, 2.45) is 0 Å². The van der Waals surface area contributed by atoms with Crippen molar-refractivity contribution in [3.63, 3.8) is 0 Å². The predicted molar refractivity (Wildman–Crippen MR) is 131 cm³/mol. The molecule has 0 spiro atoms. The van der Waals surface area contributed by atoms with Crippen molar-refractivity contribution in [2.75, 3.05) is 42.7 Å². The Balaban J connectivity index is 1.41. The molecule has 1 aliphatic rings. The van der Waals surface area contributed by atoms with Crippen LogP contribution < -0.4 is 15.5 Å². The van der Waals surface area contributed by atoms with Gasteiger partial charge in [-0.15, -0.1) is 11.3 Å². The number of amides is 1. The number of anilines is 2. The summed E-state index contributed by atoms with van der Waals surface area (Å²) in [6.07, 6.45) is 6.08. The minimum absolute atomic E-state index is 0.115. The van der Waals surface area contributed by atoms with Gasteiger partial charge in [0.1, 0.15) is 5.69 Å². The lowest BCUT2D eigenvalue weighted by Gasteiger charge is -2.30. The number of rotatable bonds is 5. The zero-order chi connectivity index (χ0) is 23.9. The Labute approximate surface area is 199 Å². The molecular formula is C22H22N6O4S2. The van der Waals surface area contributed by atoms with E-state index in [2.05, 4.69) is 25.5 Å². The van der Waals surface area contributed by atoms with E-state index in [0.717, 1.165) is 38.1 Å². The third kappa shape index (κ3) is 4.22. The number of sulfone groups is 1. The van der Waals surface area contributed by atoms with Crippen LogP contribution in [-0.4, -0.2) is 66.4 Å². The molecular weight excluding hydrogens is 476 g/mol. The van der Waals surface area contributed by atoms with Gasteiger partial charge in [-0.05, 0) is 18.2 Å². The van der Waals surface area contributed by atoms with Crippen molar-refractivity contribution in [3.8, 4) is 11.0 Å². The molecule has 12 heteroatoms. The molecule has 3 N–H and O–H groups in total. The lowest BCUT2D eigenvalue weighted by Crippen LogP contribution is -2.43. The Morgan fingerprint density at radius 2 is 2.03 bits per heavy atom. The van der Waals surface area contributed by atoms with Gasteiger partial charge in [-0.25, -0.2) is 13.4 Å².